The van der Waals surface area contributed by atoms with Gasteiger partial charge in [0.25, 0.3) is 11.6 Å². The van der Waals surface area contributed by atoms with Crippen molar-refractivity contribution < 1.29 is 9.47 Å². The van der Waals surface area contributed by atoms with Gasteiger partial charge in [-0.1, -0.05) is 25.0 Å². The van der Waals surface area contributed by atoms with E-state index in [0.29, 0.717) is 19.2 Å². The number of aromatic nitrogens is 2. The van der Waals surface area contributed by atoms with Crippen molar-refractivity contribution in [2.75, 3.05) is 6.61 Å². The maximum absolute atomic E-state index is 11.3. The number of benzene rings is 1. The molecule has 1 aromatic carbocycles. The summed E-state index contributed by atoms with van der Waals surface area (Å²) in [5.74, 6) is 3.38. The largest absolute Gasteiger partial charge is 0.490 e. The van der Waals surface area contributed by atoms with Crippen LogP contribution in [0.5, 0.6) is 11.8 Å². The summed E-state index contributed by atoms with van der Waals surface area (Å²) in [5, 5.41) is 0. The Kier molecular flexibility index (Phi) is 4.38. The molecule has 2 aliphatic carbocycles. The molecule has 27 heavy (non-hydrogen) atoms. The molecule has 0 unspecified atom stereocenters. The van der Waals surface area contributed by atoms with Gasteiger partial charge in [0.15, 0.2) is 6.10 Å². The van der Waals surface area contributed by atoms with Crippen LogP contribution in [0.1, 0.15) is 50.0 Å². The monoisotopic (exact) mass is 366 g/mol. The van der Waals surface area contributed by atoms with E-state index < -0.39 is 0 Å². The average Bonchev–Trinajstić information content (AvgIpc) is 3.08. The minimum atomic E-state index is -0.272. The minimum absolute atomic E-state index is 0.114. The Hall–Kier alpha value is -2.30. The van der Waals surface area contributed by atoms with Crippen molar-refractivity contribution in [3.63, 3.8) is 0 Å². The van der Waals surface area contributed by atoms with Gasteiger partial charge in [-0.15, -0.1) is 0 Å². The van der Waals surface area contributed by atoms with Crippen LogP contribution in [-0.4, -0.2) is 22.3 Å². The van der Waals surface area contributed by atoms with E-state index in [-0.39, 0.29) is 11.7 Å². The Labute approximate surface area is 159 Å². The molecule has 5 heteroatoms. The molecule has 0 N–H and O–H groups in total. The first-order valence-corrected chi connectivity index (χ1v) is 10.2. The molecule has 1 atom stereocenters. The minimum Gasteiger partial charge on any atom is -0.490 e. The van der Waals surface area contributed by atoms with Gasteiger partial charge in [-0.05, 0) is 61.1 Å². The maximum atomic E-state index is 11.3. The zero-order valence-corrected chi connectivity index (χ0v) is 15.5. The van der Waals surface area contributed by atoms with E-state index in [1.54, 1.807) is 6.20 Å². The van der Waals surface area contributed by atoms with Crippen molar-refractivity contribution in [2.24, 2.45) is 11.8 Å². The summed E-state index contributed by atoms with van der Waals surface area (Å²) >= 11 is 0. The van der Waals surface area contributed by atoms with Crippen LogP contribution in [0.2, 0.25) is 0 Å². The molecule has 1 aromatic heterocycles. The SMILES string of the molecule is O=c1ccn2c(n1)O[C@H](COc1ccc(C3C4CCCC3CCC4)cc1)C2. The van der Waals surface area contributed by atoms with Gasteiger partial charge < -0.3 is 9.47 Å². The Bertz CT molecular complexity index is 839. The molecule has 5 rings (SSSR count). The second-order valence-corrected chi connectivity index (χ2v) is 8.23. The molecule has 2 heterocycles. The highest BCUT2D eigenvalue weighted by atomic mass is 16.6. The van der Waals surface area contributed by atoms with Crippen molar-refractivity contribution >= 4 is 0 Å². The first-order chi connectivity index (χ1) is 13.3. The molecule has 2 bridgehead atoms. The second-order valence-electron chi connectivity index (χ2n) is 8.23. The standard InChI is InChI=1S/C22H26N2O3/c25-20-11-12-24-13-19(27-22(24)23-20)14-26-18-9-7-17(8-10-18)21-15-3-1-4-16(21)6-2-5-15/h7-12,15-16,19,21H,1-6,13-14H2/t15?,16?,19-,21?/m0/s1. The number of hydrogen-bond acceptors (Lipinski definition) is 4. The van der Waals surface area contributed by atoms with Gasteiger partial charge in [0.1, 0.15) is 12.4 Å². The van der Waals surface area contributed by atoms with E-state index in [2.05, 4.69) is 29.2 Å². The summed E-state index contributed by atoms with van der Waals surface area (Å²) in [7, 11) is 0. The summed E-state index contributed by atoms with van der Waals surface area (Å²) < 4.78 is 13.5. The second kappa shape index (κ2) is 7.02. The van der Waals surface area contributed by atoms with Crippen molar-refractivity contribution in [3.8, 4) is 11.8 Å². The van der Waals surface area contributed by atoms with Crippen LogP contribution >= 0.6 is 0 Å². The fourth-order valence-electron chi connectivity index (χ4n) is 5.33. The van der Waals surface area contributed by atoms with Gasteiger partial charge in [0, 0.05) is 12.3 Å². The summed E-state index contributed by atoms with van der Waals surface area (Å²) in [6.45, 7) is 1.11. The highest BCUT2D eigenvalue weighted by molar-refractivity contribution is 5.31. The quantitative estimate of drug-likeness (QED) is 0.827. The van der Waals surface area contributed by atoms with E-state index in [1.807, 2.05) is 4.57 Å². The van der Waals surface area contributed by atoms with Crippen molar-refractivity contribution in [3.05, 3.63) is 52.4 Å². The third-order valence-electron chi connectivity index (χ3n) is 6.54. The number of ether oxygens (including phenoxy) is 2. The molecule has 1 aliphatic heterocycles. The molecular formula is C22H26N2O3. The Balaban J connectivity index is 1.21. The third kappa shape index (κ3) is 3.35. The van der Waals surface area contributed by atoms with Crippen LogP contribution in [0.15, 0.2) is 41.3 Å². The van der Waals surface area contributed by atoms with Crippen molar-refractivity contribution in [1.29, 1.82) is 0 Å². The lowest BCUT2D eigenvalue weighted by Gasteiger charge is -2.43. The predicted octanol–water partition coefficient (Wildman–Crippen LogP) is 3.77. The highest BCUT2D eigenvalue weighted by Crippen LogP contribution is 2.49. The Morgan fingerprint density at radius 3 is 2.44 bits per heavy atom. The molecule has 2 aromatic rings. The van der Waals surface area contributed by atoms with Crippen LogP contribution in [-0.2, 0) is 6.54 Å². The molecule has 142 valence electrons. The van der Waals surface area contributed by atoms with Gasteiger partial charge in [-0.2, -0.15) is 4.98 Å². The van der Waals surface area contributed by atoms with Gasteiger partial charge in [0.2, 0.25) is 0 Å². The fraction of sp³-hybridized carbons (Fsp3) is 0.545. The van der Waals surface area contributed by atoms with Gasteiger partial charge in [-0.3, -0.25) is 9.36 Å². The predicted molar refractivity (Wildman–Crippen MR) is 102 cm³/mol. The zero-order chi connectivity index (χ0) is 18.2. The van der Waals surface area contributed by atoms with Crippen LogP contribution in [0, 0.1) is 11.8 Å². The van der Waals surface area contributed by atoms with E-state index in [4.69, 9.17) is 9.47 Å². The van der Waals surface area contributed by atoms with E-state index in [0.717, 1.165) is 23.5 Å². The lowest BCUT2D eigenvalue weighted by Crippen LogP contribution is -2.30. The van der Waals surface area contributed by atoms with Gasteiger partial charge in [0.05, 0.1) is 6.54 Å². The normalized spacial score (nSPS) is 29.0. The van der Waals surface area contributed by atoms with Crippen LogP contribution in [0.3, 0.4) is 0 Å². The van der Waals surface area contributed by atoms with Gasteiger partial charge in [-0.25, -0.2) is 0 Å². The molecule has 2 saturated carbocycles. The first kappa shape index (κ1) is 16.8. The fourth-order valence-corrected chi connectivity index (χ4v) is 5.33. The zero-order valence-electron chi connectivity index (χ0n) is 15.5. The smallest absolute Gasteiger partial charge is 0.300 e. The molecule has 2 fully saturated rings. The molecule has 3 aliphatic rings. The maximum Gasteiger partial charge on any atom is 0.300 e. The van der Waals surface area contributed by atoms with E-state index >= 15 is 0 Å². The molecule has 0 saturated heterocycles. The lowest BCUT2D eigenvalue weighted by atomic mass is 9.62. The summed E-state index contributed by atoms with van der Waals surface area (Å²) in [6.07, 6.45) is 10.0. The van der Waals surface area contributed by atoms with E-state index in [1.165, 1.54) is 50.2 Å². The Morgan fingerprint density at radius 2 is 1.74 bits per heavy atom. The molecule has 0 spiro atoms. The number of rotatable bonds is 4. The number of fused-ring (bicyclic) bond motifs is 3. The van der Waals surface area contributed by atoms with Crippen LogP contribution < -0.4 is 15.0 Å². The number of hydrogen-bond donors (Lipinski definition) is 0. The third-order valence-corrected chi connectivity index (χ3v) is 6.54. The Morgan fingerprint density at radius 1 is 1.04 bits per heavy atom. The van der Waals surface area contributed by atoms with E-state index in [9.17, 15) is 4.79 Å². The summed E-state index contributed by atoms with van der Waals surface area (Å²) in [4.78, 5) is 15.2. The molecule has 5 nitrogen and oxygen atoms in total. The number of nitrogens with zero attached hydrogens (tertiary/aromatic N) is 2. The first-order valence-electron chi connectivity index (χ1n) is 10.2. The topological polar surface area (TPSA) is 53.4 Å². The van der Waals surface area contributed by atoms with Crippen molar-refractivity contribution in [1.82, 2.24) is 9.55 Å². The average molecular weight is 366 g/mol. The van der Waals surface area contributed by atoms with Crippen LogP contribution in [0.4, 0.5) is 0 Å². The van der Waals surface area contributed by atoms with Crippen LogP contribution in [0.25, 0.3) is 0 Å². The van der Waals surface area contributed by atoms with Gasteiger partial charge >= 0.3 is 0 Å². The summed E-state index contributed by atoms with van der Waals surface area (Å²) in [5.41, 5.74) is 1.22. The molecule has 0 radical (unpaired) electrons. The lowest BCUT2D eigenvalue weighted by molar-refractivity contribution is 0.143. The molecular weight excluding hydrogens is 340 g/mol. The molecule has 0 amide bonds. The summed E-state index contributed by atoms with van der Waals surface area (Å²) in [6, 6.07) is 10.6. The van der Waals surface area contributed by atoms with Crippen molar-refractivity contribution in [2.45, 2.75) is 57.1 Å². The highest BCUT2D eigenvalue weighted by Gasteiger charge is 2.36.